The SMILES string of the molecule is CCN(CC1CCCO1)C(C)C(C)C(=O)NN. The number of ether oxygens (including phenoxy) is 1. The molecule has 0 aromatic rings. The zero-order valence-corrected chi connectivity index (χ0v) is 11.1. The quantitative estimate of drug-likeness (QED) is 0.405. The molecule has 0 aromatic heterocycles. The van der Waals surface area contributed by atoms with Crippen molar-refractivity contribution in [2.45, 2.75) is 45.8 Å². The molecule has 0 spiro atoms. The Balaban J connectivity index is 2.49. The van der Waals surface area contributed by atoms with E-state index in [-0.39, 0.29) is 17.9 Å². The largest absolute Gasteiger partial charge is 0.377 e. The third kappa shape index (κ3) is 3.94. The molecule has 3 unspecified atom stereocenters. The molecule has 0 radical (unpaired) electrons. The molecule has 5 heteroatoms. The van der Waals surface area contributed by atoms with Crippen LogP contribution in [0, 0.1) is 5.92 Å². The standard InChI is InChI=1S/C12H25N3O2/c1-4-15(8-11-6-5-7-17-11)10(3)9(2)12(16)14-13/h9-11H,4-8,13H2,1-3H3,(H,14,16). The van der Waals surface area contributed by atoms with Crippen molar-refractivity contribution >= 4 is 5.91 Å². The van der Waals surface area contributed by atoms with Crippen LogP contribution in [0.4, 0.5) is 0 Å². The zero-order chi connectivity index (χ0) is 12.8. The first-order valence-electron chi connectivity index (χ1n) is 6.46. The molecule has 0 saturated carbocycles. The maximum atomic E-state index is 11.5. The van der Waals surface area contributed by atoms with Gasteiger partial charge in [-0.3, -0.25) is 15.1 Å². The molecule has 3 N–H and O–H groups in total. The molecule has 0 bridgehead atoms. The Bertz CT molecular complexity index is 242. The molecule has 100 valence electrons. The van der Waals surface area contributed by atoms with Gasteiger partial charge in [0.25, 0.3) is 0 Å². The van der Waals surface area contributed by atoms with Crippen LogP contribution in [-0.2, 0) is 9.53 Å². The number of nitrogens with two attached hydrogens (primary N) is 1. The highest BCUT2D eigenvalue weighted by atomic mass is 16.5. The van der Waals surface area contributed by atoms with Gasteiger partial charge in [0, 0.05) is 19.2 Å². The normalized spacial score (nSPS) is 23.7. The van der Waals surface area contributed by atoms with Gasteiger partial charge in [0.2, 0.25) is 5.91 Å². The average molecular weight is 243 g/mol. The number of nitrogens with zero attached hydrogens (tertiary/aromatic N) is 1. The lowest BCUT2D eigenvalue weighted by Gasteiger charge is -2.32. The molecule has 0 aliphatic carbocycles. The first kappa shape index (κ1) is 14.4. The van der Waals surface area contributed by atoms with E-state index in [0.717, 1.165) is 32.5 Å². The Morgan fingerprint density at radius 2 is 2.29 bits per heavy atom. The van der Waals surface area contributed by atoms with Gasteiger partial charge in [-0.15, -0.1) is 0 Å². The van der Waals surface area contributed by atoms with E-state index in [1.807, 2.05) is 6.92 Å². The predicted molar refractivity (Wildman–Crippen MR) is 67.2 cm³/mol. The molecule has 5 nitrogen and oxygen atoms in total. The van der Waals surface area contributed by atoms with Crippen molar-refractivity contribution < 1.29 is 9.53 Å². The summed E-state index contributed by atoms with van der Waals surface area (Å²) in [6.07, 6.45) is 2.60. The fourth-order valence-corrected chi connectivity index (χ4v) is 2.30. The summed E-state index contributed by atoms with van der Waals surface area (Å²) in [7, 11) is 0. The number of hydrazine groups is 1. The van der Waals surface area contributed by atoms with E-state index in [2.05, 4.69) is 24.2 Å². The van der Waals surface area contributed by atoms with E-state index >= 15 is 0 Å². The number of amides is 1. The Hall–Kier alpha value is -0.650. The molecule has 1 fully saturated rings. The summed E-state index contributed by atoms with van der Waals surface area (Å²) in [6, 6.07) is 0.174. The lowest BCUT2D eigenvalue weighted by molar-refractivity contribution is -0.126. The molecule has 0 aromatic carbocycles. The number of rotatable bonds is 6. The summed E-state index contributed by atoms with van der Waals surface area (Å²) in [6.45, 7) is 8.78. The Morgan fingerprint density at radius 3 is 2.76 bits per heavy atom. The van der Waals surface area contributed by atoms with Crippen LogP contribution in [0.3, 0.4) is 0 Å². The van der Waals surface area contributed by atoms with Crippen molar-refractivity contribution in [3.05, 3.63) is 0 Å². The van der Waals surface area contributed by atoms with Crippen molar-refractivity contribution in [2.24, 2.45) is 11.8 Å². The third-order valence-corrected chi connectivity index (χ3v) is 3.72. The van der Waals surface area contributed by atoms with Gasteiger partial charge in [0.15, 0.2) is 0 Å². The van der Waals surface area contributed by atoms with Crippen LogP contribution in [0.25, 0.3) is 0 Å². The Labute approximate surface area is 104 Å². The highest BCUT2D eigenvalue weighted by Gasteiger charge is 2.27. The summed E-state index contributed by atoms with van der Waals surface area (Å²) < 4.78 is 5.64. The minimum Gasteiger partial charge on any atom is -0.377 e. The second-order valence-electron chi connectivity index (χ2n) is 4.76. The Morgan fingerprint density at radius 1 is 1.59 bits per heavy atom. The molecule has 1 aliphatic heterocycles. The van der Waals surface area contributed by atoms with Gasteiger partial charge in [-0.2, -0.15) is 0 Å². The van der Waals surface area contributed by atoms with E-state index in [1.165, 1.54) is 0 Å². The number of carbonyl (C=O) groups excluding carboxylic acids is 1. The highest BCUT2D eigenvalue weighted by Crippen LogP contribution is 2.17. The maximum absolute atomic E-state index is 11.5. The van der Waals surface area contributed by atoms with Gasteiger partial charge in [-0.25, -0.2) is 5.84 Å². The first-order chi connectivity index (χ1) is 8.10. The molecule has 1 aliphatic rings. The zero-order valence-electron chi connectivity index (χ0n) is 11.1. The van der Waals surface area contributed by atoms with Gasteiger partial charge in [0.05, 0.1) is 12.0 Å². The van der Waals surface area contributed by atoms with E-state index in [1.54, 1.807) is 0 Å². The molecule has 1 saturated heterocycles. The minimum atomic E-state index is -0.110. The van der Waals surface area contributed by atoms with E-state index in [9.17, 15) is 4.79 Å². The van der Waals surface area contributed by atoms with Crippen molar-refractivity contribution in [3.8, 4) is 0 Å². The molecular weight excluding hydrogens is 218 g/mol. The monoisotopic (exact) mass is 243 g/mol. The smallest absolute Gasteiger partial charge is 0.238 e. The van der Waals surface area contributed by atoms with E-state index in [4.69, 9.17) is 10.6 Å². The molecule has 3 atom stereocenters. The second-order valence-corrected chi connectivity index (χ2v) is 4.76. The van der Waals surface area contributed by atoms with Gasteiger partial charge in [-0.05, 0) is 26.3 Å². The van der Waals surface area contributed by atoms with Crippen LogP contribution >= 0.6 is 0 Å². The molecular formula is C12H25N3O2. The number of hydrogen-bond acceptors (Lipinski definition) is 4. The van der Waals surface area contributed by atoms with E-state index < -0.39 is 0 Å². The maximum Gasteiger partial charge on any atom is 0.238 e. The molecule has 17 heavy (non-hydrogen) atoms. The number of likely N-dealkylation sites (N-methyl/N-ethyl adjacent to an activating group) is 1. The van der Waals surface area contributed by atoms with Crippen LogP contribution < -0.4 is 11.3 Å². The number of hydrogen-bond donors (Lipinski definition) is 2. The van der Waals surface area contributed by atoms with Crippen molar-refractivity contribution in [1.29, 1.82) is 0 Å². The van der Waals surface area contributed by atoms with Crippen molar-refractivity contribution in [1.82, 2.24) is 10.3 Å². The van der Waals surface area contributed by atoms with Gasteiger partial charge >= 0.3 is 0 Å². The third-order valence-electron chi connectivity index (χ3n) is 3.72. The number of carbonyl (C=O) groups is 1. The number of nitrogens with one attached hydrogen (secondary N) is 1. The average Bonchev–Trinajstić information content (AvgIpc) is 2.85. The van der Waals surface area contributed by atoms with E-state index in [0.29, 0.717) is 6.10 Å². The summed E-state index contributed by atoms with van der Waals surface area (Å²) in [5.74, 6) is 4.96. The summed E-state index contributed by atoms with van der Waals surface area (Å²) in [5, 5.41) is 0. The van der Waals surface area contributed by atoms with Crippen molar-refractivity contribution in [3.63, 3.8) is 0 Å². The summed E-state index contributed by atoms with van der Waals surface area (Å²) in [4.78, 5) is 13.8. The summed E-state index contributed by atoms with van der Waals surface area (Å²) in [5.41, 5.74) is 2.22. The highest BCUT2D eigenvalue weighted by molar-refractivity contribution is 5.78. The lowest BCUT2D eigenvalue weighted by Crippen LogP contribution is -2.48. The first-order valence-corrected chi connectivity index (χ1v) is 6.46. The van der Waals surface area contributed by atoms with Gasteiger partial charge in [-0.1, -0.05) is 13.8 Å². The van der Waals surface area contributed by atoms with Crippen LogP contribution in [0.1, 0.15) is 33.6 Å². The second kappa shape index (κ2) is 6.93. The van der Waals surface area contributed by atoms with Gasteiger partial charge < -0.3 is 4.74 Å². The molecule has 1 heterocycles. The minimum absolute atomic E-state index is 0.108. The fraction of sp³-hybridized carbons (Fsp3) is 0.917. The van der Waals surface area contributed by atoms with Crippen LogP contribution in [0.2, 0.25) is 0 Å². The lowest BCUT2D eigenvalue weighted by atomic mass is 10.0. The molecule has 1 amide bonds. The summed E-state index contributed by atoms with van der Waals surface area (Å²) >= 11 is 0. The van der Waals surface area contributed by atoms with Crippen molar-refractivity contribution in [2.75, 3.05) is 19.7 Å². The topological polar surface area (TPSA) is 67.6 Å². The van der Waals surface area contributed by atoms with Crippen LogP contribution in [-0.4, -0.2) is 42.6 Å². The predicted octanol–water partition coefficient (Wildman–Crippen LogP) is 0.502. The molecule has 1 rings (SSSR count). The fourth-order valence-electron chi connectivity index (χ4n) is 2.30. The van der Waals surface area contributed by atoms with Gasteiger partial charge in [0.1, 0.15) is 0 Å². The van der Waals surface area contributed by atoms with Crippen LogP contribution in [0.15, 0.2) is 0 Å². The Kier molecular flexibility index (Phi) is 5.88. The van der Waals surface area contributed by atoms with Crippen LogP contribution in [0.5, 0.6) is 0 Å².